The molecule has 6 heteroatoms. The van der Waals surface area contributed by atoms with Crippen molar-refractivity contribution in [1.29, 1.82) is 0 Å². The van der Waals surface area contributed by atoms with E-state index in [0.29, 0.717) is 29.7 Å². The SMILES string of the molecule is C=CCN(Cc1ccccc1OC)C(=O)[C@@H](C)n1cnc2ccccc2c1=O. The van der Waals surface area contributed by atoms with Gasteiger partial charge >= 0.3 is 0 Å². The number of para-hydroxylation sites is 2. The van der Waals surface area contributed by atoms with Crippen LogP contribution in [0.5, 0.6) is 5.75 Å². The Kier molecular flexibility index (Phi) is 5.89. The number of amides is 1. The monoisotopic (exact) mass is 377 g/mol. The second kappa shape index (κ2) is 8.52. The van der Waals surface area contributed by atoms with E-state index < -0.39 is 6.04 Å². The summed E-state index contributed by atoms with van der Waals surface area (Å²) in [6.07, 6.45) is 3.10. The van der Waals surface area contributed by atoms with Crippen molar-refractivity contribution < 1.29 is 9.53 Å². The van der Waals surface area contributed by atoms with E-state index in [2.05, 4.69) is 11.6 Å². The second-order valence-electron chi connectivity index (χ2n) is 6.47. The average molecular weight is 377 g/mol. The molecule has 0 spiro atoms. The van der Waals surface area contributed by atoms with E-state index in [1.54, 1.807) is 43.2 Å². The minimum Gasteiger partial charge on any atom is -0.496 e. The van der Waals surface area contributed by atoms with Crippen molar-refractivity contribution in [3.8, 4) is 5.75 Å². The summed E-state index contributed by atoms with van der Waals surface area (Å²) in [6.45, 7) is 6.17. The van der Waals surface area contributed by atoms with Gasteiger partial charge in [-0.15, -0.1) is 6.58 Å². The Morgan fingerprint density at radius 3 is 2.71 bits per heavy atom. The molecule has 2 aromatic carbocycles. The summed E-state index contributed by atoms with van der Waals surface area (Å²) in [5.41, 5.74) is 1.26. The van der Waals surface area contributed by atoms with Gasteiger partial charge in [-0.05, 0) is 25.1 Å². The molecule has 0 aliphatic heterocycles. The third-order valence-corrected chi connectivity index (χ3v) is 4.68. The minimum absolute atomic E-state index is 0.190. The predicted molar refractivity (Wildman–Crippen MR) is 109 cm³/mol. The lowest BCUT2D eigenvalue weighted by atomic mass is 10.1. The number of aromatic nitrogens is 2. The van der Waals surface area contributed by atoms with Gasteiger partial charge in [0.2, 0.25) is 5.91 Å². The molecule has 28 heavy (non-hydrogen) atoms. The van der Waals surface area contributed by atoms with Crippen LogP contribution < -0.4 is 10.3 Å². The molecular formula is C22H23N3O3. The van der Waals surface area contributed by atoms with Gasteiger partial charge in [0.1, 0.15) is 11.8 Å². The summed E-state index contributed by atoms with van der Waals surface area (Å²) in [6, 6.07) is 14.0. The van der Waals surface area contributed by atoms with Crippen LogP contribution in [0.15, 0.2) is 72.3 Å². The van der Waals surface area contributed by atoms with Gasteiger partial charge in [0.25, 0.3) is 5.56 Å². The molecule has 3 aromatic rings. The number of hydrogen-bond donors (Lipinski definition) is 0. The van der Waals surface area contributed by atoms with E-state index in [0.717, 1.165) is 5.56 Å². The first kappa shape index (κ1) is 19.4. The maximum Gasteiger partial charge on any atom is 0.261 e. The van der Waals surface area contributed by atoms with E-state index in [1.807, 2.05) is 30.3 Å². The largest absolute Gasteiger partial charge is 0.496 e. The summed E-state index contributed by atoms with van der Waals surface area (Å²) < 4.78 is 6.77. The van der Waals surface area contributed by atoms with Crippen LogP contribution in [0.25, 0.3) is 10.9 Å². The number of ether oxygens (including phenoxy) is 1. The fourth-order valence-electron chi connectivity index (χ4n) is 3.17. The van der Waals surface area contributed by atoms with Gasteiger partial charge in [-0.25, -0.2) is 4.98 Å². The molecule has 1 amide bonds. The van der Waals surface area contributed by atoms with Crippen molar-refractivity contribution in [2.75, 3.05) is 13.7 Å². The van der Waals surface area contributed by atoms with Crippen LogP contribution in [0.4, 0.5) is 0 Å². The van der Waals surface area contributed by atoms with Crippen molar-refractivity contribution in [2.45, 2.75) is 19.5 Å². The van der Waals surface area contributed by atoms with Gasteiger partial charge in [0.15, 0.2) is 0 Å². The highest BCUT2D eigenvalue weighted by Gasteiger charge is 2.23. The van der Waals surface area contributed by atoms with E-state index in [1.165, 1.54) is 10.9 Å². The zero-order chi connectivity index (χ0) is 20.1. The Bertz CT molecular complexity index is 1060. The first-order valence-electron chi connectivity index (χ1n) is 9.04. The highest BCUT2D eigenvalue weighted by atomic mass is 16.5. The molecule has 0 N–H and O–H groups in total. The summed E-state index contributed by atoms with van der Waals surface area (Å²) >= 11 is 0. The van der Waals surface area contributed by atoms with Gasteiger partial charge in [-0.2, -0.15) is 0 Å². The molecular weight excluding hydrogens is 354 g/mol. The molecule has 0 aliphatic carbocycles. The predicted octanol–water partition coefficient (Wildman–Crippen LogP) is 3.18. The van der Waals surface area contributed by atoms with Crippen molar-refractivity contribution >= 4 is 16.8 Å². The molecule has 0 fully saturated rings. The Morgan fingerprint density at radius 2 is 1.96 bits per heavy atom. The quantitative estimate of drug-likeness (QED) is 0.593. The fourth-order valence-corrected chi connectivity index (χ4v) is 3.17. The van der Waals surface area contributed by atoms with Gasteiger partial charge < -0.3 is 9.64 Å². The van der Waals surface area contributed by atoms with Gasteiger partial charge in [-0.1, -0.05) is 36.4 Å². The third kappa shape index (κ3) is 3.81. The number of methoxy groups -OCH3 is 1. The molecule has 3 rings (SSSR count). The number of rotatable bonds is 7. The summed E-state index contributed by atoms with van der Waals surface area (Å²) in [4.78, 5) is 32.0. The number of nitrogens with zero attached hydrogens (tertiary/aromatic N) is 3. The zero-order valence-corrected chi connectivity index (χ0v) is 16.0. The van der Waals surface area contributed by atoms with E-state index in [-0.39, 0.29) is 11.5 Å². The van der Waals surface area contributed by atoms with Crippen molar-refractivity contribution in [2.24, 2.45) is 0 Å². The first-order valence-corrected chi connectivity index (χ1v) is 9.04. The molecule has 0 bridgehead atoms. The lowest BCUT2D eigenvalue weighted by Gasteiger charge is -2.26. The van der Waals surface area contributed by atoms with E-state index in [4.69, 9.17) is 4.74 Å². The van der Waals surface area contributed by atoms with Crippen molar-refractivity contribution in [3.63, 3.8) is 0 Å². The highest BCUT2D eigenvalue weighted by Crippen LogP contribution is 2.21. The van der Waals surface area contributed by atoms with Crippen molar-refractivity contribution in [1.82, 2.24) is 14.5 Å². The van der Waals surface area contributed by atoms with Gasteiger partial charge in [-0.3, -0.25) is 14.2 Å². The smallest absolute Gasteiger partial charge is 0.261 e. The molecule has 0 unspecified atom stereocenters. The van der Waals surface area contributed by atoms with E-state index >= 15 is 0 Å². The molecule has 6 nitrogen and oxygen atoms in total. The van der Waals surface area contributed by atoms with Crippen LogP contribution in [0, 0.1) is 0 Å². The molecule has 0 saturated carbocycles. The molecule has 0 saturated heterocycles. The van der Waals surface area contributed by atoms with Crippen LogP contribution >= 0.6 is 0 Å². The topological polar surface area (TPSA) is 64.4 Å². The minimum atomic E-state index is -0.695. The molecule has 0 aliphatic rings. The van der Waals surface area contributed by atoms with Crippen LogP contribution in [-0.2, 0) is 11.3 Å². The normalized spacial score (nSPS) is 11.8. The van der Waals surface area contributed by atoms with Crippen LogP contribution in [0.3, 0.4) is 0 Å². The van der Waals surface area contributed by atoms with Crippen LogP contribution in [0.1, 0.15) is 18.5 Å². The van der Waals surface area contributed by atoms with Crippen LogP contribution in [-0.4, -0.2) is 34.0 Å². The summed E-state index contributed by atoms with van der Waals surface area (Å²) in [7, 11) is 1.60. The van der Waals surface area contributed by atoms with Gasteiger partial charge in [0, 0.05) is 18.7 Å². The zero-order valence-electron chi connectivity index (χ0n) is 16.0. The highest BCUT2D eigenvalue weighted by molar-refractivity contribution is 5.81. The lowest BCUT2D eigenvalue weighted by Crippen LogP contribution is -2.39. The molecule has 1 heterocycles. The maximum atomic E-state index is 13.2. The molecule has 1 aromatic heterocycles. The number of carbonyl (C=O) groups is 1. The fraction of sp³-hybridized carbons (Fsp3) is 0.227. The lowest BCUT2D eigenvalue weighted by molar-refractivity contribution is -0.134. The van der Waals surface area contributed by atoms with Gasteiger partial charge in [0.05, 0.1) is 24.3 Å². The Hall–Kier alpha value is -3.41. The Labute approximate surface area is 163 Å². The second-order valence-corrected chi connectivity index (χ2v) is 6.47. The first-order chi connectivity index (χ1) is 13.6. The summed E-state index contributed by atoms with van der Waals surface area (Å²) in [5, 5.41) is 0.490. The number of benzene rings is 2. The van der Waals surface area contributed by atoms with E-state index in [9.17, 15) is 9.59 Å². The third-order valence-electron chi connectivity index (χ3n) is 4.68. The number of carbonyl (C=O) groups excluding carboxylic acids is 1. The Balaban J connectivity index is 1.92. The molecule has 144 valence electrons. The summed E-state index contributed by atoms with van der Waals surface area (Å²) in [5.74, 6) is 0.520. The molecule has 1 atom stereocenters. The average Bonchev–Trinajstić information content (AvgIpc) is 2.73. The standard InChI is InChI=1S/C22H23N3O3/c1-4-13-24(14-17-9-5-8-12-20(17)28-3)21(26)16(2)25-15-23-19-11-7-6-10-18(19)22(25)27/h4-12,15-16H,1,13-14H2,2-3H3/t16-/m1/s1. The number of hydrogen-bond acceptors (Lipinski definition) is 4. The molecule has 0 radical (unpaired) electrons. The maximum absolute atomic E-state index is 13.2. The number of fused-ring (bicyclic) bond motifs is 1. The Morgan fingerprint density at radius 1 is 1.25 bits per heavy atom. The van der Waals surface area contributed by atoms with Crippen molar-refractivity contribution in [3.05, 3.63) is 83.4 Å². The van der Waals surface area contributed by atoms with Crippen LogP contribution in [0.2, 0.25) is 0 Å².